The molecule has 2 N–H and O–H groups in total. The van der Waals surface area contributed by atoms with E-state index in [1.165, 1.54) is 6.07 Å². The highest BCUT2D eigenvalue weighted by Crippen LogP contribution is 2.32. The van der Waals surface area contributed by atoms with Gasteiger partial charge in [0.1, 0.15) is 11.5 Å². The second kappa shape index (κ2) is 12.0. The summed E-state index contributed by atoms with van der Waals surface area (Å²) in [6, 6.07) is 8.49. The Hall–Kier alpha value is -3.35. The number of benzene rings is 2. The van der Waals surface area contributed by atoms with Crippen LogP contribution in [0.25, 0.3) is 10.9 Å². The average Bonchev–Trinajstić information content (AvgIpc) is 3.09. The van der Waals surface area contributed by atoms with Gasteiger partial charge in [-0.2, -0.15) is 0 Å². The molecule has 0 radical (unpaired) electrons. The van der Waals surface area contributed by atoms with Gasteiger partial charge in [0.25, 0.3) is 5.91 Å². The predicted molar refractivity (Wildman–Crippen MR) is 137 cm³/mol. The van der Waals surface area contributed by atoms with Crippen molar-refractivity contribution in [3.63, 3.8) is 0 Å². The summed E-state index contributed by atoms with van der Waals surface area (Å²) in [5, 5.41) is 12.6. The second-order valence-corrected chi connectivity index (χ2v) is 9.13. The van der Waals surface area contributed by atoms with Crippen molar-refractivity contribution in [3.05, 3.63) is 47.1 Å². The molecule has 2 heterocycles. The van der Waals surface area contributed by atoms with Crippen molar-refractivity contribution in [1.29, 1.82) is 0 Å². The van der Waals surface area contributed by atoms with Crippen molar-refractivity contribution in [2.24, 2.45) is 0 Å². The Labute approximate surface area is 222 Å². The van der Waals surface area contributed by atoms with Crippen LogP contribution in [0.4, 0.5) is 24.8 Å². The summed E-state index contributed by atoms with van der Waals surface area (Å²) in [5.41, 5.74) is 2.02. The largest absolute Gasteiger partial charge is 0.573 e. The maximum Gasteiger partial charge on any atom is 0.573 e. The molecule has 1 saturated heterocycles. The molecule has 1 aromatic heterocycles. The minimum atomic E-state index is -4.84. The minimum Gasteiger partial charge on any atom is -0.482 e. The van der Waals surface area contributed by atoms with Crippen molar-refractivity contribution in [2.75, 3.05) is 56.2 Å². The Morgan fingerprint density at radius 2 is 1.95 bits per heavy atom. The molecule has 1 fully saturated rings. The van der Waals surface area contributed by atoms with Crippen LogP contribution in [-0.2, 0) is 4.79 Å². The fraction of sp³-hybridized carbons (Fsp3) is 0.400. The van der Waals surface area contributed by atoms with Crippen LogP contribution in [0.15, 0.2) is 36.4 Å². The maximum absolute atomic E-state index is 12.4. The first-order valence-corrected chi connectivity index (χ1v) is 12.3. The van der Waals surface area contributed by atoms with Crippen molar-refractivity contribution in [1.82, 2.24) is 14.9 Å². The molecule has 0 atom stereocenters. The van der Waals surface area contributed by atoms with Crippen molar-refractivity contribution in [3.8, 4) is 11.5 Å². The lowest BCUT2D eigenvalue weighted by molar-refractivity contribution is -0.274. The molecule has 2 aromatic carbocycles. The van der Waals surface area contributed by atoms with E-state index in [1.807, 2.05) is 6.92 Å². The van der Waals surface area contributed by atoms with Crippen LogP contribution in [0.1, 0.15) is 12.1 Å². The smallest absolute Gasteiger partial charge is 0.482 e. The summed E-state index contributed by atoms with van der Waals surface area (Å²) >= 11 is 5.95. The maximum atomic E-state index is 12.4. The molecular weight excluding hydrogens is 527 g/mol. The number of nitrogens with one attached hydrogen (secondary N) is 1. The number of hydrogen-bond donors (Lipinski definition) is 2. The van der Waals surface area contributed by atoms with Crippen LogP contribution in [0.5, 0.6) is 11.5 Å². The van der Waals surface area contributed by atoms with Gasteiger partial charge in [-0.3, -0.25) is 9.69 Å². The van der Waals surface area contributed by atoms with Crippen LogP contribution < -0.4 is 19.7 Å². The molecule has 0 spiro atoms. The number of halogens is 4. The standard InChI is InChI=1S/C25H27ClF3N5O4/c1-16-19-13-17(31-23(36)15-37-22-6-4-18(14-20(22)26)38-25(27,28)29)3-5-21(19)32-24(30-16)34-8-2-7-33(9-10-34)11-12-35/h3-6,13-14,35H,2,7-12,15H2,1H3,(H,31,36). The van der Waals surface area contributed by atoms with Gasteiger partial charge in [-0.05, 0) is 50.2 Å². The molecule has 204 valence electrons. The number of amides is 1. The van der Waals surface area contributed by atoms with Crippen molar-refractivity contribution in [2.45, 2.75) is 19.7 Å². The number of aryl methyl sites for hydroxylation is 1. The Bertz CT molecular complexity index is 1290. The molecule has 3 aromatic rings. The number of aliphatic hydroxyl groups is 1. The lowest BCUT2D eigenvalue weighted by atomic mass is 10.1. The zero-order valence-electron chi connectivity index (χ0n) is 20.6. The molecule has 13 heteroatoms. The molecule has 1 aliphatic rings. The predicted octanol–water partition coefficient (Wildman–Crippen LogP) is 4.01. The van der Waals surface area contributed by atoms with E-state index >= 15 is 0 Å². The van der Waals surface area contributed by atoms with Crippen molar-refractivity contribution < 1.29 is 32.5 Å². The highest BCUT2D eigenvalue weighted by molar-refractivity contribution is 6.32. The number of rotatable bonds is 8. The normalized spacial score (nSPS) is 14.8. The molecule has 1 amide bonds. The molecule has 1 aliphatic heterocycles. The average molecular weight is 554 g/mol. The van der Waals surface area contributed by atoms with Gasteiger partial charge in [-0.15, -0.1) is 13.2 Å². The first-order chi connectivity index (χ1) is 18.1. The Kier molecular flexibility index (Phi) is 8.75. The number of alkyl halides is 3. The number of aromatic nitrogens is 2. The highest BCUT2D eigenvalue weighted by Gasteiger charge is 2.31. The SMILES string of the molecule is Cc1nc(N2CCCN(CCO)CC2)nc2ccc(NC(=O)COc3ccc(OC(F)(F)F)cc3Cl)cc12. The third-order valence-corrected chi connectivity index (χ3v) is 6.24. The third-order valence-electron chi connectivity index (χ3n) is 5.94. The summed E-state index contributed by atoms with van der Waals surface area (Å²) in [7, 11) is 0. The first kappa shape index (κ1) is 27.7. The number of fused-ring (bicyclic) bond motifs is 1. The number of hydrogen-bond acceptors (Lipinski definition) is 8. The Morgan fingerprint density at radius 3 is 2.68 bits per heavy atom. The van der Waals surface area contributed by atoms with E-state index in [-0.39, 0.29) is 17.4 Å². The van der Waals surface area contributed by atoms with Gasteiger partial charge in [0, 0.05) is 43.3 Å². The molecule has 0 aliphatic carbocycles. The quantitative estimate of drug-likeness (QED) is 0.432. The van der Waals surface area contributed by atoms with Gasteiger partial charge in [0.05, 0.1) is 22.8 Å². The number of aliphatic hydroxyl groups excluding tert-OH is 1. The highest BCUT2D eigenvalue weighted by atomic mass is 35.5. The van der Waals surface area contributed by atoms with E-state index < -0.39 is 24.6 Å². The number of carbonyl (C=O) groups excluding carboxylic acids is 1. The van der Waals surface area contributed by atoms with Crippen LogP contribution in [-0.4, -0.2) is 78.2 Å². The van der Waals surface area contributed by atoms with Gasteiger partial charge < -0.3 is 24.8 Å². The lowest BCUT2D eigenvalue weighted by Crippen LogP contribution is -2.33. The van der Waals surface area contributed by atoms with Crippen molar-refractivity contribution >= 4 is 40.0 Å². The Morgan fingerprint density at radius 1 is 1.13 bits per heavy atom. The number of nitrogens with zero attached hydrogens (tertiary/aromatic N) is 4. The molecule has 9 nitrogen and oxygen atoms in total. The summed E-state index contributed by atoms with van der Waals surface area (Å²) in [6.07, 6.45) is -3.89. The molecule has 38 heavy (non-hydrogen) atoms. The summed E-state index contributed by atoms with van der Waals surface area (Å²) < 4.78 is 46.2. The first-order valence-electron chi connectivity index (χ1n) is 12.0. The van der Waals surface area contributed by atoms with Gasteiger partial charge in [-0.1, -0.05) is 11.6 Å². The Balaban J connectivity index is 1.38. The molecule has 0 bridgehead atoms. The topological polar surface area (TPSA) is 100 Å². The fourth-order valence-electron chi connectivity index (χ4n) is 4.16. The number of β-amino-alcohol motifs (C(OH)–C–C–N with tert-alkyl or cyclic N) is 1. The van der Waals surface area contributed by atoms with Crippen LogP contribution in [0.3, 0.4) is 0 Å². The number of carbonyl (C=O) groups is 1. The summed E-state index contributed by atoms with van der Waals surface area (Å²) in [6.45, 7) is 5.59. The summed E-state index contributed by atoms with van der Waals surface area (Å²) in [4.78, 5) is 26.2. The zero-order chi connectivity index (χ0) is 27.3. The fourth-order valence-corrected chi connectivity index (χ4v) is 4.38. The van der Waals surface area contributed by atoms with E-state index in [4.69, 9.17) is 21.3 Å². The zero-order valence-corrected chi connectivity index (χ0v) is 21.3. The monoisotopic (exact) mass is 553 g/mol. The van der Waals surface area contributed by atoms with E-state index in [0.29, 0.717) is 18.2 Å². The summed E-state index contributed by atoms with van der Waals surface area (Å²) in [5.74, 6) is -0.284. The van der Waals surface area contributed by atoms with Crippen LogP contribution >= 0.6 is 11.6 Å². The molecule has 0 saturated carbocycles. The van der Waals surface area contributed by atoms with Gasteiger partial charge in [-0.25, -0.2) is 9.97 Å². The molecule has 4 rings (SSSR count). The second-order valence-electron chi connectivity index (χ2n) is 8.72. The van der Waals surface area contributed by atoms with Crippen LogP contribution in [0.2, 0.25) is 5.02 Å². The minimum absolute atomic E-state index is 0.0413. The van der Waals surface area contributed by atoms with Gasteiger partial charge >= 0.3 is 6.36 Å². The molecule has 0 unspecified atom stereocenters. The van der Waals surface area contributed by atoms with E-state index in [2.05, 4.69) is 24.8 Å². The molecular formula is C25H27ClF3N5O4. The van der Waals surface area contributed by atoms with E-state index in [1.54, 1.807) is 18.2 Å². The lowest BCUT2D eigenvalue weighted by Gasteiger charge is -2.22. The van der Waals surface area contributed by atoms with E-state index in [9.17, 15) is 23.1 Å². The van der Waals surface area contributed by atoms with Crippen LogP contribution in [0, 0.1) is 6.92 Å². The van der Waals surface area contributed by atoms with Gasteiger partial charge in [0.15, 0.2) is 6.61 Å². The van der Waals surface area contributed by atoms with E-state index in [0.717, 1.165) is 61.3 Å². The number of ether oxygens (including phenoxy) is 2. The van der Waals surface area contributed by atoms with Gasteiger partial charge in [0.2, 0.25) is 5.95 Å². The number of anilines is 2. The third kappa shape index (κ3) is 7.36.